The van der Waals surface area contributed by atoms with Gasteiger partial charge < -0.3 is 9.47 Å². The molecule has 0 N–H and O–H groups in total. The summed E-state index contributed by atoms with van der Waals surface area (Å²) in [6, 6.07) is 11.5. The van der Waals surface area contributed by atoms with Crippen LogP contribution in [0.5, 0.6) is 5.75 Å². The standard InChI is InChI=1S/C26H26F3NO3S/c1-4-16-8-10-18(19(5-2)30-16)23-13-15-7-9-17(14-22(15)34-23)32-20-11-12-21(33-24(31)6-3)25(20)26(27,28)29/h6-10,13-14,20-21,25H,3-5,11-12H2,1-2H3. The second kappa shape index (κ2) is 9.78. The number of esters is 1. The molecule has 1 fully saturated rings. The van der Waals surface area contributed by atoms with Crippen LogP contribution in [0.15, 0.2) is 49.1 Å². The number of hydrogen-bond acceptors (Lipinski definition) is 5. The molecule has 2 heterocycles. The van der Waals surface area contributed by atoms with E-state index in [0.717, 1.165) is 50.8 Å². The molecule has 1 saturated carbocycles. The zero-order chi connectivity index (χ0) is 24.5. The summed E-state index contributed by atoms with van der Waals surface area (Å²) in [4.78, 5) is 17.3. The number of rotatable bonds is 7. The molecule has 4 rings (SSSR count). The summed E-state index contributed by atoms with van der Waals surface area (Å²) in [6.07, 6.45) is -4.18. The van der Waals surface area contributed by atoms with Crippen molar-refractivity contribution in [2.75, 3.05) is 0 Å². The van der Waals surface area contributed by atoms with Crippen LogP contribution in [-0.2, 0) is 22.4 Å². The lowest BCUT2D eigenvalue weighted by Gasteiger charge is -2.27. The van der Waals surface area contributed by atoms with Gasteiger partial charge in [-0.2, -0.15) is 13.2 Å². The van der Waals surface area contributed by atoms with Gasteiger partial charge in [0.2, 0.25) is 0 Å². The molecule has 0 aliphatic heterocycles. The van der Waals surface area contributed by atoms with Crippen molar-refractivity contribution in [2.24, 2.45) is 5.92 Å². The molecule has 3 unspecified atom stereocenters. The Morgan fingerprint density at radius 1 is 1.15 bits per heavy atom. The highest BCUT2D eigenvalue weighted by Gasteiger charge is 2.55. The molecule has 0 radical (unpaired) electrons. The molecule has 1 aliphatic rings. The minimum absolute atomic E-state index is 0.0837. The summed E-state index contributed by atoms with van der Waals surface area (Å²) in [7, 11) is 0. The Labute approximate surface area is 200 Å². The molecule has 34 heavy (non-hydrogen) atoms. The molecule has 3 atom stereocenters. The fourth-order valence-electron chi connectivity index (χ4n) is 4.44. The van der Waals surface area contributed by atoms with Crippen molar-refractivity contribution in [3.05, 3.63) is 60.4 Å². The van der Waals surface area contributed by atoms with Gasteiger partial charge in [0.25, 0.3) is 0 Å². The van der Waals surface area contributed by atoms with E-state index >= 15 is 0 Å². The first-order valence-electron chi connectivity index (χ1n) is 11.3. The van der Waals surface area contributed by atoms with E-state index in [9.17, 15) is 18.0 Å². The van der Waals surface area contributed by atoms with Crippen molar-refractivity contribution in [1.82, 2.24) is 4.98 Å². The third-order valence-electron chi connectivity index (χ3n) is 6.12. The molecule has 2 aromatic heterocycles. The average molecular weight is 490 g/mol. The average Bonchev–Trinajstić information content (AvgIpc) is 3.41. The summed E-state index contributed by atoms with van der Waals surface area (Å²) >= 11 is 1.56. The molecule has 0 spiro atoms. The normalized spacial score (nSPS) is 20.4. The van der Waals surface area contributed by atoms with E-state index in [4.69, 9.17) is 14.5 Å². The van der Waals surface area contributed by atoms with Gasteiger partial charge in [-0.25, -0.2) is 4.79 Å². The number of thiophene rings is 1. The van der Waals surface area contributed by atoms with Crippen LogP contribution in [0.3, 0.4) is 0 Å². The van der Waals surface area contributed by atoms with E-state index < -0.39 is 30.3 Å². The number of carbonyl (C=O) groups excluding carboxylic acids is 1. The number of alkyl halides is 3. The van der Waals surface area contributed by atoms with Crippen LogP contribution in [-0.4, -0.2) is 29.3 Å². The molecule has 1 aromatic carbocycles. The summed E-state index contributed by atoms with van der Waals surface area (Å²) < 4.78 is 53.1. The monoisotopic (exact) mass is 489 g/mol. The summed E-state index contributed by atoms with van der Waals surface area (Å²) in [5, 5.41) is 0.991. The van der Waals surface area contributed by atoms with E-state index in [0.29, 0.717) is 5.75 Å². The first-order valence-corrected chi connectivity index (χ1v) is 12.1. The number of benzene rings is 1. The Morgan fingerprint density at radius 2 is 1.91 bits per heavy atom. The highest BCUT2D eigenvalue weighted by Crippen LogP contribution is 2.43. The maximum atomic E-state index is 13.8. The van der Waals surface area contributed by atoms with Gasteiger partial charge in [-0.05, 0) is 67.5 Å². The van der Waals surface area contributed by atoms with Gasteiger partial charge >= 0.3 is 12.1 Å². The number of aryl methyl sites for hydroxylation is 2. The Bertz CT molecular complexity index is 1200. The second-order valence-electron chi connectivity index (χ2n) is 8.29. The van der Waals surface area contributed by atoms with E-state index in [2.05, 4.69) is 32.6 Å². The Hall–Kier alpha value is -2.87. The van der Waals surface area contributed by atoms with E-state index in [-0.39, 0.29) is 12.8 Å². The van der Waals surface area contributed by atoms with E-state index in [1.165, 1.54) is 0 Å². The number of pyridine rings is 1. The van der Waals surface area contributed by atoms with Crippen molar-refractivity contribution in [2.45, 2.75) is 57.9 Å². The molecule has 4 nitrogen and oxygen atoms in total. The van der Waals surface area contributed by atoms with Gasteiger partial charge in [-0.1, -0.05) is 20.4 Å². The SMILES string of the molecule is C=CC(=O)OC1CCC(Oc2ccc3cc(-c4ccc(CC)nc4CC)sc3c2)C1C(F)(F)F. The van der Waals surface area contributed by atoms with Crippen LogP contribution in [0.4, 0.5) is 13.2 Å². The number of aromatic nitrogens is 1. The summed E-state index contributed by atoms with van der Waals surface area (Å²) in [5.41, 5.74) is 3.15. The smallest absolute Gasteiger partial charge is 0.398 e. The summed E-state index contributed by atoms with van der Waals surface area (Å²) in [5.74, 6) is -2.38. The Balaban J connectivity index is 1.59. The molecule has 180 valence electrons. The lowest BCUT2D eigenvalue weighted by molar-refractivity contribution is -0.214. The molecule has 1 aliphatic carbocycles. The molecular weight excluding hydrogens is 463 g/mol. The molecular formula is C26H26F3NO3S. The highest BCUT2D eigenvalue weighted by molar-refractivity contribution is 7.22. The molecule has 3 aromatic rings. The number of ether oxygens (including phenoxy) is 2. The van der Waals surface area contributed by atoms with Crippen LogP contribution < -0.4 is 4.74 Å². The number of halogens is 3. The highest BCUT2D eigenvalue weighted by atomic mass is 32.1. The summed E-state index contributed by atoms with van der Waals surface area (Å²) in [6.45, 7) is 7.40. The lowest BCUT2D eigenvalue weighted by Crippen LogP contribution is -2.41. The number of nitrogens with zero attached hydrogens (tertiary/aromatic N) is 1. The lowest BCUT2D eigenvalue weighted by atomic mass is 10.0. The van der Waals surface area contributed by atoms with Gasteiger partial charge in [-0.3, -0.25) is 4.98 Å². The number of hydrogen-bond donors (Lipinski definition) is 0. The minimum Gasteiger partial charge on any atom is -0.490 e. The third kappa shape index (κ3) is 4.97. The van der Waals surface area contributed by atoms with Crippen molar-refractivity contribution in [3.63, 3.8) is 0 Å². The van der Waals surface area contributed by atoms with Gasteiger partial charge in [0, 0.05) is 32.6 Å². The van der Waals surface area contributed by atoms with Gasteiger partial charge in [0.05, 0.1) is 0 Å². The van der Waals surface area contributed by atoms with Crippen LogP contribution in [0.1, 0.15) is 38.1 Å². The maximum absolute atomic E-state index is 13.8. The first kappa shape index (κ1) is 24.3. The number of fused-ring (bicyclic) bond motifs is 1. The quantitative estimate of drug-likeness (QED) is 0.267. The predicted octanol–water partition coefficient (Wildman–Crippen LogP) is 6.91. The molecule has 8 heteroatoms. The van der Waals surface area contributed by atoms with Crippen LogP contribution in [0.25, 0.3) is 20.5 Å². The third-order valence-corrected chi connectivity index (χ3v) is 7.25. The van der Waals surface area contributed by atoms with Crippen LogP contribution >= 0.6 is 11.3 Å². The molecule has 0 bridgehead atoms. The van der Waals surface area contributed by atoms with Crippen molar-refractivity contribution < 1.29 is 27.4 Å². The maximum Gasteiger partial charge on any atom is 0.398 e. The Kier molecular flexibility index (Phi) is 6.98. The zero-order valence-electron chi connectivity index (χ0n) is 19.0. The first-order chi connectivity index (χ1) is 16.2. The van der Waals surface area contributed by atoms with Gasteiger partial charge in [-0.15, -0.1) is 11.3 Å². The van der Waals surface area contributed by atoms with Crippen LogP contribution in [0, 0.1) is 5.92 Å². The fraction of sp³-hybridized carbons (Fsp3) is 0.385. The van der Waals surface area contributed by atoms with E-state index in [1.54, 1.807) is 23.5 Å². The number of carbonyl (C=O) groups is 1. The van der Waals surface area contributed by atoms with Crippen molar-refractivity contribution in [3.8, 4) is 16.2 Å². The predicted molar refractivity (Wildman–Crippen MR) is 127 cm³/mol. The van der Waals surface area contributed by atoms with Crippen LogP contribution in [0.2, 0.25) is 0 Å². The van der Waals surface area contributed by atoms with Crippen molar-refractivity contribution in [1.29, 1.82) is 0 Å². The molecule has 0 saturated heterocycles. The largest absolute Gasteiger partial charge is 0.490 e. The Morgan fingerprint density at radius 3 is 2.59 bits per heavy atom. The minimum atomic E-state index is -4.55. The van der Waals surface area contributed by atoms with Gasteiger partial charge in [0.15, 0.2) is 0 Å². The van der Waals surface area contributed by atoms with Crippen molar-refractivity contribution >= 4 is 27.4 Å². The topological polar surface area (TPSA) is 48.4 Å². The second-order valence-corrected chi connectivity index (χ2v) is 9.38. The van der Waals surface area contributed by atoms with E-state index in [1.807, 2.05) is 12.1 Å². The fourth-order valence-corrected chi connectivity index (χ4v) is 5.58. The van der Waals surface area contributed by atoms with Gasteiger partial charge in [0.1, 0.15) is 23.9 Å². The molecule has 0 amide bonds. The zero-order valence-corrected chi connectivity index (χ0v) is 19.8.